The molecule has 0 rings (SSSR count). The second kappa shape index (κ2) is 9.96. The standard InChI is InChI=1S/C3H11NO7P2.Na.3H2O/c4-2-1-3(5,12(6,7)8)13(9,10)11;;;;/h5H,1-2,4H2,(H2,6,7,8)(H2,9,10,11);;3*1H2/q;+1;;;. The Morgan fingerprint density at radius 3 is 1.24 bits per heavy atom. The molecule has 0 fully saturated rings. The Balaban J connectivity index is -0.000000120. The van der Waals surface area contributed by atoms with E-state index >= 15 is 0 Å². The van der Waals surface area contributed by atoms with Gasteiger partial charge in [0.25, 0.3) is 5.08 Å². The first-order chi connectivity index (χ1) is 5.56. The van der Waals surface area contributed by atoms with Gasteiger partial charge in [0.1, 0.15) is 0 Å². The van der Waals surface area contributed by atoms with Crippen LogP contribution in [0.5, 0.6) is 0 Å². The molecule has 0 spiro atoms. The number of hydrogen-bond acceptors (Lipinski definition) is 4. The van der Waals surface area contributed by atoms with Gasteiger partial charge in [-0.15, -0.1) is 0 Å². The second-order valence-electron chi connectivity index (χ2n) is 2.40. The van der Waals surface area contributed by atoms with Gasteiger partial charge < -0.3 is 46.8 Å². The van der Waals surface area contributed by atoms with E-state index in [0.29, 0.717) is 0 Å². The van der Waals surface area contributed by atoms with Gasteiger partial charge in [-0.25, -0.2) is 0 Å². The Bertz CT molecular complexity index is 251. The average molecular weight is 312 g/mol. The van der Waals surface area contributed by atoms with Gasteiger partial charge >= 0.3 is 44.7 Å². The van der Waals surface area contributed by atoms with Gasteiger partial charge in [0.2, 0.25) is 0 Å². The Morgan fingerprint density at radius 2 is 1.18 bits per heavy atom. The molecule has 11 nitrogen and oxygen atoms in total. The molecule has 0 amide bonds. The van der Waals surface area contributed by atoms with Crippen molar-refractivity contribution in [3.05, 3.63) is 0 Å². The third-order valence-electron chi connectivity index (χ3n) is 1.41. The fourth-order valence-electron chi connectivity index (χ4n) is 0.655. The maximum absolute atomic E-state index is 10.6. The zero-order chi connectivity index (χ0) is 10.9. The molecule has 0 aromatic rings. The van der Waals surface area contributed by atoms with Crippen LogP contribution < -0.4 is 35.3 Å². The third-order valence-corrected chi connectivity index (χ3v) is 5.29. The molecular formula is C3H17NNaO10P2+. The van der Waals surface area contributed by atoms with E-state index in [1.54, 1.807) is 0 Å². The molecule has 0 radical (unpaired) electrons. The first kappa shape index (κ1) is 30.8. The fourth-order valence-corrected chi connectivity index (χ4v) is 2.85. The molecule has 0 aliphatic rings. The predicted molar refractivity (Wildman–Crippen MR) is 53.6 cm³/mol. The molecular weight excluding hydrogens is 295 g/mol. The van der Waals surface area contributed by atoms with E-state index < -0.39 is 33.2 Å². The number of hydrogen-bond donors (Lipinski definition) is 6. The van der Waals surface area contributed by atoms with Crippen molar-refractivity contribution in [2.45, 2.75) is 11.5 Å². The summed E-state index contributed by atoms with van der Waals surface area (Å²) in [6.07, 6.45) is -0.873. The molecule has 104 valence electrons. The first-order valence-electron chi connectivity index (χ1n) is 3.10. The molecule has 0 bridgehead atoms. The quantitative estimate of drug-likeness (QED) is 0.214. The van der Waals surface area contributed by atoms with Gasteiger partial charge in [-0.2, -0.15) is 0 Å². The van der Waals surface area contributed by atoms with Crippen LogP contribution in [0.15, 0.2) is 0 Å². The van der Waals surface area contributed by atoms with Crippen molar-refractivity contribution in [2.75, 3.05) is 6.54 Å². The Morgan fingerprint density at radius 1 is 0.941 bits per heavy atom. The van der Waals surface area contributed by atoms with E-state index in [4.69, 9.17) is 30.4 Å². The normalized spacial score (nSPS) is 11.2. The fraction of sp³-hybridized carbons (Fsp3) is 1.00. The molecule has 0 unspecified atom stereocenters. The summed E-state index contributed by atoms with van der Waals surface area (Å²) in [6.45, 7) is -0.452. The van der Waals surface area contributed by atoms with Crippen molar-refractivity contribution in [1.82, 2.24) is 0 Å². The summed E-state index contributed by atoms with van der Waals surface area (Å²) in [5.41, 5.74) is 4.86. The van der Waals surface area contributed by atoms with Crippen LogP contribution in [0.4, 0.5) is 0 Å². The zero-order valence-electron chi connectivity index (χ0n) is 8.94. The molecule has 14 heteroatoms. The van der Waals surface area contributed by atoms with Gasteiger partial charge in [0, 0.05) is 6.42 Å². The van der Waals surface area contributed by atoms with Crippen LogP contribution in [0, 0.1) is 0 Å². The van der Waals surface area contributed by atoms with E-state index in [-0.39, 0.29) is 46.0 Å². The number of aliphatic hydroxyl groups is 1. The van der Waals surface area contributed by atoms with Crippen molar-refractivity contribution in [2.24, 2.45) is 5.73 Å². The predicted octanol–water partition coefficient (Wildman–Crippen LogP) is -7.13. The Hall–Kier alpha value is 1.10. The first-order valence-corrected chi connectivity index (χ1v) is 6.32. The smallest absolute Gasteiger partial charge is 0.412 e. The minimum absolute atomic E-state index is 0. The molecule has 0 aliphatic heterocycles. The summed E-state index contributed by atoms with van der Waals surface area (Å²) < 4.78 is 21.2. The molecule has 0 aromatic carbocycles. The van der Waals surface area contributed by atoms with Gasteiger partial charge in [-0.1, -0.05) is 0 Å². The van der Waals surface area contributed by atoms with Crippen LogP contribution in [0.25, 0.3) is 0 Å². The van der Waals surface area contributed by atoms with E-state index in [2.05, 4.69) is 0 Å². The van der Waals surface area contributed by atoms with E-state index in [1.165, 1.54) is 0 Å². The summed E-state index contributed by atoms with van der Waals surface area (Å²) >= 11 is 0. The van der Waals surface area contributed by atoms with Crippen molar-refractivity contribution in [3.63, 3.8) is 0 Å². The van der Waals surface area contributed by atoms with Gasteiger partial charge in [0.05, 0.1) is 0 Å². The van der Waals surface area contributed by atoms with Crippen LogP contribution in [0.1, 0.15) is 6.42 Å². The molecule has 0 aromatic heterocycles. The summed E-state index contributed by atoms with van der Waals surface area (Å²) in [5, 5.41) is 5.71. The molecule has 0 heterocycles. The van der Waals surface area contributed by atoms with Crippen molar-refractivity contribution < 1.29 is 79.8 Å². The molecule has 0 aliphatic carbocycles. The molecule has 0 saturated carbocycles. The summed E-state index contributed by atoms with van der Waals surface area (Å²) in [7, 11) is -10.6. The van der Waals surface area contributed by atoms with Gasteiger partial charge in [-0.3, -0.25) is 9.13 Å². The van der Waals surface area contributed by atoms with Crippen molar-refractivity contribution in [3.8, 4) is 0 Å². The largest absolute Gasteiger partial charge is 1.00 e. The monoisotopic (exact) mass is 312 g/mol. The maximum atomic E-state index is 10.6. The minimum atomic E-state index is -5.31. The zero-order valence-corrected chi connectivity index (χ0v) is 12.7. The van der Waals surface area contributed by atoms with E-state index in [9.17, 15) is 9.13 Å². The van der Waals surface area contributed by atoms with Crippen LogP contribution in [0.2, 0.25) is 0 Å². The maximum Gasteiger partial charge on any atom is 1.00 e. The molecule has 17 heavy (non-hydrogen) atoms. The number of nitrogens with two attached hydrogens (primary N) is 1. The van der Waals surface area contributed by atoms with E-state index in [1.807, 2.05) is 0 Å². The number of rotatable bonds is 4. The topological polar surface area (TPSA) is 256 Å². The third kappa shape index (κ3) is 7.31. The molecule has 13 N–H and O–H groups in total. The summed E-state index contributed by atoms with van der Waals surface area (Å²) in [4.78, 5) is 34.1. The Kier molecular flexibility index (Phi) is 18.1. The summed E-state index contributed by atoms with van der Waals surface area (Å²) in [5.74, 6) is 0. The van der Waals surface area contributed by atoms with Crippen molar-refractivity contribution >= 4 is 15.2 Å². The average Bonchev–Trinajstić information content (AvgIpc) is 1.82. The molecule has 0 atom stereocenters. The van der Waals surface area contributed by atoms with Crippen LogP contribution in [0.3, 0.4) is 0 Å². The van der Waals surface area contributed by atoms with Crippen LogP contribution >= 0.6 is 15.2 Å². The van der Waals surface area contributed by atoms with E-state index in [0.717, 1.165) is 0 Å². The van der Waals surface area contributed by atoms with Gasteiger partial charge in [0.15, 0.2) is 0 Å². The molecule has 0 saturated heterocycles. The Labute approximate surface area is 119 Å². The van der Waals surface area contributed by atoms with Crippen molar-refractivity contribution in [1.29, 1.82) is 0 Å². The summed E-state index contributed by atoms with van der Waals surface area (Å²) in [6, 6.07) is 0. The van der Waals surface area contributed by atoms with Crippen LogP contribution in [-0.2, 0) is 9.13 Å². The minimum Gasteiger partial charge on any atom is -0.412 e. The van der Waals surface area contributed by atoms with Gasteiger partial charge in [-0.05, 0) is 6.54 Å². The SMILES string of the molecule is NCCC(O)(P(=O)(O)O)P(=O)(O)O.O.O.O.[Na+]. The second-order valence-corrected chi connectivity index (χ2v) is 6.41. The van der Waals surface area contributed by atoms with Crippen LogP contribution in [-0.4, -0.2) is 52.7 Å².